The second-order valence-electron chi connectivity index (χ2n) is 3.48. The molecular formula is C14H9F3. The van der Waals surface area contributed by atoms with E-state index in [4.69, 9.17) is 0 Å². The first-order valence-electron chi connectivity index (χ1n) is 5.04. The van der Waals surface area contributed by atoms with Crippen LogP contribution in [0.1, 0.15) is 5.56 Å². The van der Waals surface area contributed by atoms with Crippen molar-refractivity contribution in [3.05, 3.63) is 66.0 Å². The minimum Gasteiger partial charge on any atom is -0.216 e. The maximum absolute atomic E-state index is 13.7. The van der Waals surface area contributed by atoms with E-state index in [-0.39, 0.29) is 11.1 Å². The van der Waals surface area contributed by atoms with E-state index in [0.717, 1.165) is 6.08 Å². The van der Waals surface area contributed by atoms with Crippen molar-refractivity contribution in [3.8, 4) is 11.1 Å². The molecule has 0 aliphatic carbocycles. The Kier molecular flexibility index (Phi) is 3.28. The SMILES string of the molecule is F/C=C/c1cccc(F)c1-c1ccccc1F. The molecule has 0 spiro atoms. The van der Waals surface area contributed by atoms with Crippen molar-refractivity contribution in [2.45, 2.75) is 0 Å². The van der Waals surface area contributed by atoms with Crippen molar-refractivity contribution in [2.24, 2.45) is 0 Å². The highest BCUT2D eigenvalue weighted by molar-refractivity contribution is 5.75. The molecule has 17 heavy (non-hydrogen) atoms. The Bertz CT molecular complexity index is 559. The molecule has 0 aromatic heterocycles. The quantitative estimate of drug-likeness (QED) is 0.713. The molecule has 0 amide bonds. The molecule has 0 nitrogen and oxygen atoms in total. The van der Waals surface area contributed by atoms with Gasteiger partial charge in [0.05, 0.1) is 6.33 Å². The van der Waals surface area contributed by atoms with E-state index in [9.17, 15) is 13.2 Å². The fourth-order valence-corrected chi connectivity index (χ4v) is 1.70. The second-order valence-corrected chi connectivity index (χ2v) is 3.48. The van der Waals surface area contributed by atoms with Gasteiger partial charge in [-0.2, -0.15) is 0 Å². The maximum atomic E-state index is 13.7. The summed E-state index contributed by atoms with van der Waals surface area (Å²) in [6, 6.07) is 10.0. The topological polar surface area (TPSA) is 0 Å². The molecule has 3 heteroatoms. The highest BCUT2D eigenvalue weighted by Gasteiger charge is 2.12. The molecule has 2 rings (SSSR count). The number of hydrogen-bond donors (Lipinski definition) is 0. The maximum Gasteiger partial charge on any atom is 0.131 e. The van der Waals surface area contributed by atoms with E-state index in [1.54, 1.807) is 6.07 Å². The van der Waals surface area contributed by atoms with Crippen LogP contribution in [0.25, 0.3) is 17.2 Å². The number of halogens is 3. The highest BCUT2D eigenvalue weighted by atomic mass is 19.1. The lowest BCUT2D eigenvalue weighted by Crippen LogP contribution is -1.91. The normalized spacial score (nSPS) is 11.0. The van der Waals surface area contributed by atoms with Crippen LogP contribution >= 0.6 is 0 Å². The molecule has 0 N–H and O–H groups in total. The van der Waals surface area contributed by atoms with E-state index in [1.165, 1.54) is 36.4 Å². The molecule has 0 aliphatic heterocycles. The van der Waals surface area contributed by atoms with Crippen LogP contribution in [-0.4, -0.2) is 0 Å². The van der Waals surface area contributed by atoms with Crippen LogP contribution in [-0.2, 0) is 0 Å². The molecule has 86 valence electrons. The lowest BCUT2D eigenvalue weighted by atomic mass is 9.98. The van der Waals surface area contributed by atoms with E-state index in [1.807, 2.05) is 0 Å². The first kappa shape index (κ1) is 11.5. The summed E-state index contributed by atoms with van der Waals surface area (Å²) >= 11 is 0. The Morgan fingerprint density at radius 1 is 0.824 bits per heavy atom. The lowest BCUT2D eigenvalue weighted by molar-refractivity contribution is 0.616. The third-order valence-electron chi connectivity index (χ3n) is 2.43. The second kappa shape index (κ2) is 4.87. The first-order chi connectivity index (χ1) is 8.24. The summed E-state index contributed by atoms with van der Waals surface area (Å²) in [7, 11) is 0. The minimum atomic E-state index is -0.578. The van der Waals surface area contributed by atoms with Gasteiger partial charge in [0.25, 0.3) is 0 Å². The van der Waals surface area contributed by atoms with E-state index in [0.29, 0.717) is 11.9 Å². The Balaban J connectivity index is 2.70. The van der Waals surface area contributed by atoms with Gasteiger partial charge in [0, 0.05) is 11.1 Å². The van der Waals surface area contributed by atoms with Crippen molar-refractivity contribution in [2.75, 3.05) is 0 Å². The molecule has 0 fully saturated rings. The summed E-state index contributed by atoms with van der Waals surface area (Å²) in [5.74, 6) is -1.11. The van der Waals surface area contributed by atoms with Gasteiger partial charge in [-0.15, -0.1) is 0 Å². The summed E-state index contributed by atoms with van der Waals surface area (Å²) in [5, 5.41) is 0. The highest BCUT2D eigenvalue weighted by Crippen LogP contribution is 2.29. The molecule has 0 unspecified atom stereocenters. The van der Waals surface area contributed by atoms with Crippen LogP contribution in [0.4, 0.5) is 13.2 Å². The zero-order valence-corrected chi connectivity index (χ0v) is 8.83. The van der Waals surface area contributed by atoms with Crippen LogP contribution in [0.2, 0.25) is 0 Å². The Labute approximate surface area is 97.0 Å². The van der Waals surface area contributed by atoms with Crippen molar-refractivity contribution >= 4 is 6.08 Å². The number of hydrogen-bond acceptors (Lipinski definition) is 0. The average Bonchev–Trinajstić information content (AvgIpc) is 2.31. The van der Waals surface area contributed by atoms with Crippen LogP contribution in [0.3, 0.4) is 0 Å². The predicted octanol–water partition coefficient (Wildman–Crippen LogP) is 4.57. The largest absolute Gasteiger partial charge is 0.216 e. The third-order valence-corrected chi connectivity index (χ3v) is 2.43. The molecule has 0 atom stereocenters. The minimum absolute atomic E-state index is 0.0690. The number of rotatable bonds is 2. The summed E-state index contributed by atoms with van der Waals surface area (Å²) in [6.07, 6.45) is 1.41. The molecule has 2 aromatic carbocycles. The number of benzene rings is 2. The van der Waals surface area contributed by atoms with Gasteiger partial charge in [0.15, 0.2) is 0 Å². The first-order valence-corrected chi connectivity index (χ1v) is 5.04. The molecule has 0 heterocycles. The van der Waals surface area contributed by atoms with Gasteiger partial charge in [0.2, 0.25) is 0 Å². The van der Waals surface area contributed by atoms with Crippen LogP contribution in [0, 0.1) is 11.6 Å². The zero-order valence-electron chi connectivity index (χ0n) is 8.83. The van der Waals surface area contributed by atoms with E-state index >= 15 is 0 Å². The van der Waals surface area contributed by atoms with Crippen molar-refractivity contribution in [1.82, 2.24) is 0 Å². The van der Waals surface area contributed by atoms with Crippen LogP contribution in [0.5, 0.6) is 0 Å². The Morgan fingerprint density at radius 3 is 2.24 bits per heavy atom. The van der Waals surface area contributed by atoms with Gasteiger partial charge in [0.1, 0.15) is 11.6 Å². The smallest absolute Gasteiger partial charge is 0.131 e. The molecule has 2 aromatic rings. The van der Waals surface area contributed by atoms with Gasteiger partial charge in [-0.1, -0.05) is 30.3 Å². The zero-order chi connectivity index (χ0) is 12.3. The van der Waals surface area contributed by atoms with Gasteiger partial charge in [-0.3, -0.25) is 0 Å². The van der Waals surface area contributed by atoms with Gasteiger partial charge in [-0.25, -0.2) is 13.2 Å². The fraction of sp³-hybridized carbons (Fsp3) is 0. The van der Waals surface area contributed by atoms with Gasteiger partial charge >= 0.3 is 0 Å². The summed E-state index contributed by atoms with van der Waals surface area (Å²) < 4.78 is 39.5. The van der Waals surface area contributed by atoms with Crippen molar-refractivity contribution in [1.29, 1.82) is 0 Å². The van der Waals surface area contributed by atoms with Crippen LogP contribution in [0.15, 0.2) is 48.8 Å². The molecule has 0 bridgehead atoms. The molecule has 0 radical (unpaired) electrons. The van der Waals surface area contributed by atoms with E-state index in [2.05, 4.69) is 0 Å². The monoisotopic (exact) mass is 234 g/mol. The summed E-state index contributed by atoms with van der Waals surface area (Å²) in [5.41, 5.74) is 0.496. The fourth-order valence-electron chi connectivity index (χ4n) is 1.70. The molecule has 0 aliphatic rings. The summed E-state index contributed by atoms with van der Waals surface area (Å²) in [4.78, 5) is 0. The predicted molar refractivity (Wildman–Crippen MR) is 61.9 cm³/mol. The van der Waals surface area contributed by atoms with Crippen molar-refractivity contribution in [3.63, 3.8) is 0 Å². The molecular weight excluding hydrogens is 225 g/mol. The summed E-state index contributed by atoms with van der Waals surface area (Å²) in [6.45, 7) is 0. The van der Waals surface area contributed by atoms with Crippen molar-refractivity contribution < 1.29 is 13.2 Å². The van der Waals surface area contributed by atoms with Crippen LogP contribution < -0.4 is 0 Å². The standard InChI is InChI=1S/C14H9F3/c15-9-8-10-4-3-7-13(17)14(10)11-5-1-2-6-12(11)16/h1-9H/b9-8+. The van der Waals surface area contributed by atoms with E-state index < -0.39 is 11.6 Å². The Hall–Kier alpha value is -2.03. The van der Waals surface area contributed by atoms with Gasteiger partial charge < -0.3 is 0 Å². The Morgan fingerprint density at radius 2 is 1.53 bits per heavy atom. The lowest BCUT2D eigenvalue weighted by Gasteiger charge is -2.08. The average molecular weight is 234 g/mol. The molecule has 0 saturated carbocycles. The van der Waals surface area contributed by atoms with Gasteiger partial charge in [-0.05, 0) is 23.8 Å². The third kappa shape index (κ3) is 2.23. The molecule has 0 saturated heterocycles.